The molecule has 5 heteroatoms. The quantitative estimate of drug-likeness (QED) is 0.527. The second-order valence-electron chi connectivity index (χ2n) is 4.77. The summed E-state index contributed by atoms with van der Waals surface area (Å²) in [6.07, 6.45) is 1.80. The van der Waals surface area contributed by atoms with Gasteiger partial charge in [-0.15, -0.1) is 11.3 Å². The Balaban J connectivity index is 1.70. The van der Waals surface area contributed by atoms with Gasteiger partial charge >= 0.3 is 0 Å². The van der Waals surface area contributed by atoms with Crippen LogP contribution in [0.25, 0.3) is 11.3 Å². The number of thiazole rings is 1. The van der Waals surface area contributed by atoms with Gasteiger partial charge in [0.05, 0.1) is 11.9 Å². The second kappa shape index (κ2) is 6.73. The molecule has 0 fully saturated rings. The smallest absolute Gasteiger partial charge is 0.203 e. The standard InChI is InChI=1S/C17H14ClN3S/c1-12-4-2-3-5-14(12)10-19-21-17-20-16(11-22-17)13-6-8-15(18)9-7-13/h2-11H,1H3,(H,20,21)/b19-10-. The highest BCUT2D eigenvalue weighted by molar-refractivity contribution is 7.14. The number of aryl methyl sites for hydroxylation is 1. The molecule has 110 valence electrons. The summed E-state index contributed by atoms with van der Waals surface area (Å²) in [6, 6.07) is 15.7. The number of anilines is 1. The summed E-state index contributed by atoms with van der Waals surface area (Å²) in [4.78, 5) is 4.51. The van der Waals surface area contributed by atoms with Crippen molar-refractivity contribution in [1.29, 1.82) is 0 Å². The molecule has 0 amide bonds. The van der Waals surface area contributed by atoms with Gasteiger partial charge in [-0.3, -0.25) is 5.43 Å². The van der Waals surface area contributed by atoms with E-state index in [2.05, 4.69) is 28.5 Å². The van der Waals surface area contributed by atoms with Crippen LogP contribution in [0.1, 0.15) is 11.1 Å². The molecule has 3 rings (SSSR count). The van der Waals surface area contributed by atoms with Crippen LogP contribution in [0.3, 0.4) is 0 Å². The highest BCUT2D eigenvalue weighted by Gasteiger charge is 2.03. The number of nitrogens with zero attached hydrogens (tertiary/aromatic N) is 2. The Bertz CT molecular complexity index is 794. The molecule has 0 spiro atoms. The van der Waals surface area contributed by atoms with E-state index in [-0.39, 0.29) is 0 Å². The van der Waals surface area contributed by atoms with Gasteiger partial charge in [0.25, 0.3) is 0 Å². The molecule has 0 saturated carbocycles. The Labute approximate surface area is 138 Å². The zero-order chi connectivity index (χ0) is 15.4. The lowest BCUT2D eigenvalue weighted by molar-refractivity contribution is 1.28. The number of benzene rings is 2. The first-order valence-electron chi connectivity index (χ1n) is 6.78. The number of hydrazone groups is 1. The topological polar surface area (TPSA) is 37.3 Å². The molecule has 1 heterocycles. The van der Waals surface area contributed by atoms with E-state index in [1.165, 1.54) is 16.9 Å². The summed E-state index contributed by atoms with van der Waals surface area (Å²) >= 11 is 7.41. The summed E-state index contributed by atoms with van der Waals surface area (Å²) < 4.78 is 0. The lowest BCUT2D eigenvalue weighted by atomic mass is 10.1. The van der Waals surface area contributed by atoms with Gasteiger partial charge in [0, 0.05) is 16.0 Å². The van der Waals surface area contributed by atoms with Gasteiger partial charge in [0.1, 0.15) is 0 Å². The maximum absolute atomic E-state index is 5.89. The van der Waals surface area contributed by atoms with Gasteiger partial charge in [-0.05, 0) is 30.2 Å². The predicted molar refractivity (Wildman–Crippen MR) is 95.0 cm³/mol. The fourth-order valence-corrected chi connectivity index (χ4v) is 2.76. The minimum absolute atomic E-state index is 0.722. The summed E-state index contributed by atoms with van der Waals surface area (Å²) in [7, 11) is 0. The number of hydrogen-bond donors (Lipinski definition) is 1. The van der Waals surface area contributed by atoms with E-state index in [0.717, 1.165) is 27.0 Å². The molecule has 1 N–H and O–H groups in total. The third-order valence-corrected chi connectivity index (χ3v) is 4.20. The number of rotatable bonds is 4. The minimum atomic E-state index is 0.722. The van der Waals surface area contributed by atoms with E-state index in [1.54, 1.807) is 6.21 Å². The lowest BCUT2D eigenvalue weighted by Crippen LogP contribution is -1.92. The van der Waals surface area contributed by atoms with Crippen LogP contribution in [0.2, 0.25) is 5.02 Å². The van der Waals surface area contributed by atoms with Crippen molar-refractivity contribution in [1.82, 2.24) is 4.98 Å². The van der Waals surface area contributed by atoms with Gasteiger partial charge in [0.15, 0.2) is 0 Å². The van der Waals surface area contributed by atoms with Crippen molar-refractivity contribution < 1.29 is 0 Å². The van der Waals surface area contributed by atoms with Gasteiger partial charge in [-0.2, -0.15) is 5.10 Å². The predicted octanol–water partition coefficient (Wildman–Crippen LogP) is 5.22. The Kier molecular flexibility index (Phi) is 4.51. The van der Waals surface area contributed by atoms with Crippen LogP contribution in [-0.2, 0) is 0 Å². The molecule has 0 aliphatic rings. The highest BCUT2D eigenvalue weighted by atomic mass is 35.5. The van der Waals surface area contributed by atoms with Crippen molar-refractivity contribution in [2.24, 2.45) is 5.10 Å². The number of halogens is 1. The average molecular weight is 328 g/mol. The molecule has 3 aromatic rings. The molecular formula is C17H14ClN3S. The van der Waals surface area contributed by atoms with E-state index in [4.69, 9.17) is 11.6 Å². The molecule has 2 aromatic carbocycles. The normalized spacial score (nSPS) is 11.0. The van der Waals surface area contributed by atoms with Crippen molar-refractivity contribution in [2.75, 3.05) is 5.43 Å². The first-order chi connectivity index (χ1) is 10.7. The van der Waals surface area contributed by atoms with E-state index < -0.39 is 0 Å². The SMILES string of the molecule is Cc1ccccc1/C=N\Nc1nc(-c2ccc(Cl)cc2)cs1. The van der Waals surface area contributed by atoms with Crippen molar-refractivity contribution in [3.8, 4) is 11.3 Å². The average Bonchev–Trinajstić information content (AvgIpc) is 2.99. The first kappa shape index (κ1) is 14.8. The fraction of sp³-hybridized carbons (Fsp3) is 0.0588. The number of hydrogen-bond acceptors (Lipinski definition) is 4. The van der Waals surface area contributed by atoms with Crippen LogP contribution in [0.5, 0.6) is 0 Å². The van der Waals surface area contributed by atoms with Crippen LogP contribution >= 0.6 is 22.9 Å². The van der Waals surface area contributed by atoms with E-state index >= 15 is 0 Å². The summed E-state index contributed by atoms with van der Waals surface area (Å²) in [5.74, 6) is 0. The summed E-state index contributed by atoms with van der Waals surface area (Å²) in [5.41, 5.74) is 7.20. The zero-order valence-corrected chi connectivity index (χ0v) is 13.5. The van der Waals surface area contributed by atoms with E-state index in [1.807, 2.05) is 47.8 Å². The maximum atomic E-state index is 5.89. The third-order valence-electron chi connectivity index (χ3n) is 3.20. The summed E-state index contributed by atoms with van der Waals surface area (Å²) in [6.45, 7) is 2.06. The van der Waals surface area contributed by atoms with E-state index in [0.29, 0.717) is 0 Å². The number of nitrogens with one attached hydrogen (secondary N) is 1. The Morgan fingerprint density at radius 1 is 1.14 bits per heavy atom. The molecule has 0 aliphatic carbocycles. The molecule has 0 atom stereocenters. The molecule has 22 heavy (non-hydrogen) atoms. The van der Waals surface area contributed by atoms with Crippen molar-refractivity contribution in [3.63, 3.8) is 0 Å². The van der Waals surface area contributed by atoms with Crippen molar-refractivity contribution in [3.05, 3.63) is 70.1 Å². The largest absolute Gasteiger partial charge is 0.253 e. The minimum Gasteiger partial charge on any atom is -0.253 e. The van der Waals surface area contributed by atoms with Gasteiger partial charge < -0.3 is 0 Å². The molecule has 0 saturated heterocycles. The van der Waals surface area contributed by atoms with Gasteiger partial charge in [-0.1, -0.05) is 48.0 Å². The van der Waals surface area contributed by atoms with Crippen LogP contribution in [0.15, 0.2) is 59.0 Å². The molecule has 0 aliphatic heterocycles. The van der Waals surface area contributed by atoms with Crippen LogP contribution < -0.4 is 5.43 Å². The van der Waals surface area contributed by atoms with Crippen LogP contribution in [0.4, 0.5) is 5.13 Å². The molecule has 3 nitrogen and oxygen atoms in total. The fourth-order valence-electron chi connectivity index (χ4n) is 1.97. The summed E-state index contributed by atoms with van der Waals surface area (Å²) in [5, 5.41) is 7.72. The van der Waals surface area contributed by atoms with Crippen LogP contribution in [-0.4, -0.2) is 11.2 Å². The maximum Gasteiger partial charge on any atom is 0.203 e. The Morgan fingerprint density at radius 3 is 2.68 bits per heavy atom. The van der Waals surface area contributed by atoms with Gasteiger partial charge in [0.2, 0.25) is 5.13 Å². The first-order valence-corrected chi connectivity index (χ1v) is 8.04. The zero-order valence-electron chi connectivity index (χ0n) is 12.0. The third kappa shape index (κ3) is 3.53. The molecule has 0 bridgehead atoms. The van der Waals surface area contributed by atoms with E-state index in [9.17, 15) is 0 Å². The monoisotopic (exact) mass is 327 g/mol. The van der Waals surface area contributed by atoms with Gasteiger partial charge in [-0.25, -0.2) is 4.98 Å². The molecular weight excluding hydrogens is 314 g/mol. The number of aromatic nitrogens is 1. The molecule has 0 unspecified atom stereocenters. The van der Waals surface area contributed by atoms with Crippen molar-refractivity contribution in [2.45, 2.75) is 6.92 Å². The second-order valence-corrected chi connectivity index (χ2v) is 6.07. The Hall–Kier alpha value is -2.17. The highest BCUT2D eigenvalue weighted by Crippen LogP contribution is 2.25. The Morgan fingerprint density at radius 2 is 1.91 bits per heavy atom. The van der Waals surface area contributed by atoms with Crippen LogP contribution in [0, 0.1) is 6.92 Å². The molecule has 1 aromatic heterocycles. The van der Waals surface area contributed by atoms with Crippen molar-refractivity contribution >= 4 is 34.3 Å². The lowest BCUT2D eigenvalue weighted by Gasteiger charge is -1.98. The molecule has 0 radical (unpaired) electrons.